The van der Waals surface area contributed by atoms with E-state index < -0.39 is 10.8 Å². The smallest absolute Gasteiger partial charge is 0.0981 e. The van der Waals surface area contributed by atoms with Crippen LogP contribution in [-0.4, -0.2) is 13.8 Å². The Bertz CT molecular complexity index is 880. The molecule has 122 valence electrons. The first-order valence-electron chi connectivity index (χ1n) is 7.68. The summed E-state index contributed by atoms with van der Waals surface area (Å²) >= 11 is 7.37. The Morgan fingerprint density at radius 1 is 1.04 bits per heavy atom. The second kappa shape index (κ2) is 6.39. The SMILES string of the molecule is C[C@H]1c2nnsc2[C@H](c2ccc(Cl)cc2)S(=O)[C@@H]1c1ccccc1. The second-order valence-corrected chi connectivity index (χ2v) is 8.76. The number of rotatable bonds is 2. The number of nitrogens with zero attached hydrogens (tertiary/aromatic N) is 2. The molecule has 1 aliphatic rings. The molecule has 4 rings (SSSR count). The normalized spacial score (nSPS) is 26.1. The second-order valence-electron chi connectivity index (χ2n) is 5.90. The fourth-order valence-electron chi connectivity index (χ4n) is 3.29. The van der Waals surface area contributed by atoms with Gasteiger partial charge in [-0.15, -0.1) is 5.10 Å². The van der Waals surface area contributed by atoms with Gasteiger partial charge >= 0.3 is 0 Å². The standard InChI is InChI=1S/C18H15ClN2OS2/c1-11-15-16(23-21-20-15)18(13-7-9-14(19)10-8-13)24(22)17(11)12-5-3-2-4-6-12/h2-11,17-18H,1H3/t11-,17-,18-,24?/m0/s1. The molecule has 0 saturated carbocycles. The summed E-state index contributed by atoms with van der Waals surface area (Å²) in [5.41, 5.74) is 3.05. The van der Waals surface area contributed by atoms with Crippen molar-refractivity contribution >= 4 is 33.9 Å². The van der Waals surface area contributed by atoms with Crippen LogP contribution in [0.15, 0.2) is 54.6 Å². The van der Waals surface area contributed by atoms with Crippen LogP contribution in [-0.2, 0) is 10.8 Å². The summed E-state index contributed by atoms with van der Waals surface area (Å²) < 4.78 is 17.7. The fraction of sp³-hybridized carbons (Fsp3) is 0.222. The molecule has 1 aliphatic heterocycles. The maximum atomic E-state index is 13.5. The molecule has 4 atom stereocenters. The molecule has 1 unspecified atom stereocenters. The Morgan fingerprint density at radius 2 is 1.75 bits per heavy atom. The van der Waals surface area contributed by atoms with Crippen LogP contribution in [0.4, 0.5) is 0 Å². The van der Waals surface area contributed by atoms with E-state index >= 15 is 0 Å². The predicted molar refractivity (Wildman–Crippen MR) is 98.9 cm³/mol. The Morgan fingerprint density at radius 3 is 2.46 bits per heavy atom. The van der Waals surface area contributed by atoms with E-state index in [0.29, 0.717) is 5.02 Å². The topological polar surface area (TPSA) is 42.9 Å². The highest BCUT2D eigenvalue weighted by Crippen LogP contribution is 2.50. The van der Waals surface area contributed by atoms with Gasteiger partial charge in [-0.1, -0.05) is 65.5 Å². The molecule has 3 aromatic rings. The van der Waals surface area contributed by atoms with Crippen molar-refractivity contribution in [2.75, 3.05) is 0 Å². The lowest BCUT2D eigenvalue weighted by molar-refractivity contribution is 0.620. The van der Waals surface area contributed by atoms with Gasteiger partial charge in [-0.3, -0.25) is 4.21 Å². The average Bonchev–Trinajstić information content (AvgIpc) is 3.07. The Kier molecular flexibility index (Phi) is 4.24. The van der Waals surface area contributed by atoms with Gasteiger partial charge in [-0.05, 0) is 34.8 Å². The highest BCUT2D eigenvalue weighted by Gasteiger charge is 2.42. The fourth-order valence-corrected chi connectivity index (χ4v) is 6.60. The van der Waals surface area contributed by atoms with Crippen molar-refractivity contribution in [1.82, 2.24) is 9.59 Å². The molecular formula is C18H15ClN2OS2. The number of hydrogen-bond donors (Lipinski definition) is 0. The van der Waals surface area contributed by atoms with Crippen molar-refractivity contribution in [3.8, 4) is 0 Å². The van der Waals surface area contributed by atoms with E-state index in [1.807, 2.05) is 54.6 Å². The molecule has 0 radical (unpaired) electrons. The molecule has 6 heteroatoms. The van der Waals surface area contributed by atoms with Crippen LogP contribution in [0, 0.1) is 0 Å². The van der Waals surface area contributed by atoms with Gasteiger partial charge < -0.3 is 0 Å². The van der Waals surface area contributed by atoms with Gasteiger partial charge in [0.15, 0.2) is 0 Å². The van der Waals surface area contributed by atoms with Crippen LogP contribution >= 0.6 is 23.1 Å². The third-order valence-electron chi connectivity index (χ3n) is 4.45. The lowest BCUT2D eigenvalue weighted by Crippen LogP contribution is -2.26. The van der Waals surface area contributed by atoms with E-state index in [1.54, 1.807) is 0 Å². The number of aromatic nitrogens is 2. The maximum absolute atomic E-state index is 13.5. The zero-order chi connectivity index (χ0) is 16.7. The number of hydrogen-bond acceptors (Lipinski definition) is 4. The van der Waals surface area contributed by atoms with Crippen molar-refractivity contribution in [2.24, 2.45) is 0 Å². The molecule has 0 saturated heterocycles. The molecule has 0 bridgehead atoms. The minimum atomic E-state index is -1.11. The van der Waals surface area contributed by atoms with Crippen molar-refractivity contribution in [1.29, 1.82) is 0 Å². The summed E-state index contributed by atoms with van der Waals surface area (Å²) in [5, 5.41) is 4.72. The minimum absolute atomic E-state index is 0.0746. The van der Waals surface area contributed by atoms with Gasteiger partial charge in [0.2, 0.25) is 0 Å². The number of fused-ring (bicyclic) bond motifs is 1. The molecule has 2 heterocycles. The molecule has 0 fully saturated rings. The van der Waals surface area contributed by atoms with Crippen LogP contribution in [0.5, 0.6) is 0 Å². The molecule has 24 heavy (non-hydrogen) atoms. The van der Waals surface area contributed by atoms with Crippen LogP contribution < -0.4 is 0 Å². The van der Waals surface area contributed by atoms with Crippen LogP contribution in [0.25, 0.3) is 0 Å². The Labute approximate surface area is 152 Å². The summed E-state index contributed by atoms with van der Waals surface area (Å²) in [6.07, 6.45) is 0. The van der Waals surface area contributed by atoms with Gasteiger partial charge in [0, 0.05) is 21.7 Å². The van der Waals surface area contributed by atoms with Crippen molar-refractivity contribution < 1.29 is 4.21 Å². The average molecular weight is 375 g/mol. The van der Waals surface area contributed by atoms with Crippen LogP contribution in [0.1, 0.15) is 45.0 Å². The zero-order valence-electron chi connectivity index (χ0n) is 12.9. The number of halogens is 1. The summed E-state index contributed by atoms with van der Waals surface area (Å²) in [7, 11) is -1.11. The monoisotopic (exact) mass is 374 g/mol. The van der Waals surface area contributed by atoms with E-state index in [1.165, 1.54) is 11.5 Å². The van der Waals surface area contributed by atoms with Crippen molar-refractivity contribution in [2.45, 2.75) is 23.3 Å². The molecule has 2 aromatic carbocycles. The third kappa shape index (κ3) is 2.61. The predicted octanol–water partition coefficient (Wildman–Crippen LogP) is 4.89. The van der Waals surface area contributed by atoms with E-state index in [0.717, 1.165) is 21.7 Å². The molecule has 1 aromatic heterocycles. The van der Waals surface area contributed by atoms with E-state index in [4.69, 9.17) is 11.6 Å². The first-order valence-corrected chi connectivity index (χ1v) is 10.1. The lowest BCUT2D eigenvalue weighted by atomic mass is 9.94. The van der Waals surface area contributed by atoms with Crippen molar-refractivity contribution in [3.63, 3.8) is 0 Å². The highest BCUT2D eigenvalue weighted by atomic mass is 35.5. The van der Waals surface area contributed by atoms with E-state index in [2.05, 4.69) is 16.5 Å². The molecule has 0 aliphatic carbocycles. The van der Waals surface area contributed by atoms with Crippen molar-refractivity contribution in [3.05, 3.63) is 81.3 Å². The minimum Gasteiger partial charge on any atom is -0.258 e. The van der Waals surface area contributed by atoms with Gasteiger partial charge in [-0.25, -0.2) is 0 Å². The van der Waals surface area contributed by atoms with E-state index in [9.17, 15) is 4.21 Å². The number of benzene rings is 2. The zero-order valence-corrected chi connectivity index (χ0v) is 15.3. The summed E-state index contributed by atoms with van der Waals surface area (Å²) in [4.78, 5) is 1.01. The quantitative estimate of drug-likeness (QED) is 0.641. The van der Waals surface area contributed by atoms with Crippen LogP contribution in [0.2, 0.25) is 5.02 Å². The summed E-state index contributed by atoms with van der Waals surface area (Å²) in [6, 6.07) is 17.6. The first-order chi connectivity index (χ1) is 11.7. The Balaban J connectivity index is 1.86. The van der Waals surface area contributed by atoms with Gasteiger partial charge in [0.25, 0.3) is 0 Å². The lowest BCUT2D eigenvalue weighted by Gasteiger charge is -2.32. The van der Waals surface area contributed by atoms with E-state index in [-0.39, 0.29) is 16.4 Å². The summed E-state index contributed by atoms with van der Waals surface area (Å²) in [6.45, 7) is 2.09. The van der Waals surface area contributed by atoms with Gasteiger partial charge in [-0.2, -0.15) is 0 Å². The molecular weight excluding hydrogens is 360 g/mol. The highest BCUT2D eigenvalue weighted by molar-refractivity contribution is 7.86. The first kappa shape index (κ1) is 15.9. The van der Waals surface area contributed by atoms with Gasteiger partial charge in [0.05, 0.1) is 21.1 Å². The summed E-state index contributed by atoms with van der Waals surface area (Å²) in [5.74, 6) is 0.0746. The molecule has 3 nitrogen and oxygen atoms in total. The maximum Gasteiger partial charge on any atom is 0.0981 e. The molecule has 0 spiro atoms. The van der Waals surface area contributed by atoms with Gasteiger partial charge in [0.1, 0.15) is 0 Å². The molecule has 0 N–H and O–H groups in total. The molecule has 0 amide bonds. The van der Waals surface area contributed by atoms with Crippen LogP contribution in [0.3, 0.4) is 0 Å². The third-order valence-corrected chi connectivity index (χ3v) is 7.81. The Hall–Kier alpha value is -1.56. The largest absolute Gasteiger partial charge is 0.258 e.